The Hall–Kier alpha value is -2.71. The van der Waals surface area contributed by atoms with Crippen LogP contribution in [0.15, 0.2) is 24.5 Å². The first-order valence-electron chi connectivity index (χ1n) is 9.26. The number of aromatic carboxylic acids is 1. The highest BCUT2D eigenvalue weighted by Gasteiger charge is 2.15. The second-order valence-electron chi connectivity index (χ2n) is 7.06. The van der Waals surface area contributed by atoms with E-state index in [1.807, 2.05) is 6.07 Å². The molecule has 1 saturated heterocycles. The minimum atomic E-state index is -0.994. The summed E-state index contributed by atoms with van der Waals surface area (Å²) in [5, 5.41) is 14.5. The van der Waals surface area contributed by atoms with Crippen molar-refractivity contribution in [2.75, 3.05) is 51.6 Å². The second kappa shape index (κ2) is 7.50. The van der Waals surface area contributed by atoms with Gasteiger partial charge in [-0.15, -0.1) is 0 Å². The van der Waals surface area contributed by atoms with Gasteiger partial charge in [0.25, 0.3) is 0 Å². The van der Waals surface area contributed by atoms with Crippen LogP contribution in [0.2, 0.25) is 0 Å². The lowest BCUT2D eigenvalue weighted by Crippen LogP contribution is -2.44. The first kappa shape index (κ1) is 17.7. The van der Waals surface area contributed by atoms with Crippen molar-refractivity contribution >= 4 is 33.6 Å². The van der Waals surface area contributed by atoms with E-state index in [9.17, 15) is 9.90 Å². The number of fused-ring (bicyclic) bond motifs is 3. The summed E-state index contributed by atoms with van der Waals surface area (Å²) in [6, 6.07) is 3.48. The fourth-order valence-corrected chi connectivity index (χ4v) is 3.55. The average Bonchev–Trinajstić information content (AvgIpc) is 3.11. The lowest BCUT2D eigenvalue weighted by molar-refractivity contribution is 0.0691. The standard InChI is InChI=1S/C19H24N6O2/c1-24-7-9-25(10-8-24)6-2-4-21-18-13-3-5-20-12-14(13)17-15(23-18)11-16(22-17)19(26)27/h3,5,11-12,22H,2,4,6-10H2,1H3,(H,21,23)(H,26,27). The number of carbonyl (C=O) groups is 1. The smallest absolute Gasteiger partial charge is 0.352 e. The molecule has 1 aliphatic heterocycles. The molecule has 0 atom stereocenters. The van der Waals surface area contributed by atoms with Crippen molar-refractivity contribution in [2.24, 2.45) is 0 Å². The van der Waals surface area contributed by atoms with Crippen LogP contribution in [0.25, 0.3) is 21.8 Å². The van der Waals surface area contributed by atoms with Crippen LogP contribution in [-0.4, -0.2) is 82.1 Å². The third-order valence-electron chi connectivity index (χ3n) is 5.14. The fourth-order valence-electron chi connectivity index (χ4n) is 3.55. The van der Waals surface area contributed by atoms with E-state index in [0.717, 1.165) is 62.3 Å². The molecule has 4 heterocycles. The number of hydrogen-bond acceptors (Lipinski definition) is 6. The van der Waals surface area contributed by atoms with Crippen molar-refractivity contribution in [1.82, 2.24) is 24.8 Å². The zero-order valence-electron chi connectivity index (χ0n) is 15.4. The molecule has 0 bridgehead atoms. The number of anilines is 1. The Balaban J connectivity index is 1.49. The van der Waals surface area contributed by atoms with Crippen molar-refractivity contribution < 1.29 is 9.90 Å². The summed E-state index contributed by atoms with van der Waals surface area (Å²) in [5.74, 6) is -0.221. The van der Waals surface area contributed by atoms with E-state index in [-0.39, 0.29) is 5.69 Å². The van der Waals surface area contributed by atoms with Crippen LogP contribution >= 0.6 is 0 Å². The molecule has 3 N–H and O–H groups in total. The number of carboxylic acid groups (broad SMARTS) is 1. The van der Waals surface area contributed by atoms with Crippen LogP contribution in [-0.2, 0) is 0 Å². The monoisotopic (exact) mass is 368 g/mol. The van der Waals surface area contributed by atoms with E-state index in [4.69, 9.17) is 0 Å². The predicted octanol–water partition coefficient (Wildman–Crippen LogP) is 1.86. The van der Waals surface area contributed by atoms with Gasteiger partial charge >= 0.3 is 5.97 Å². The highest BCUT2D eigenvalue weighted by Crippen LogP contribution is 2.28. The molecule has 1 fully saturated rings. The number of piperazine rings is 1. The Kier molecular flexibility index (Phi) is 4.91. The van der Waals surface area contributed by atoms with Crippen molar-refractivity contribution in [3.05, 3.63) is 30.2 Å². The number of rotatable bonds is 6. The molecule has 0 aliphatic carbocycles. The van der Waals surface area contributed by atoms with E-state index in [1.165, 1.54) is 0 Å². The summed E-state index contributed by atoms with van der Waals surface area (Å²) in [5.41, 5.74) is 1.47. The maximum absolute atomic E-state index is 11.3. The molecule has 3 aromatic rings. The molecular formula is C19H24N6O2. The number of pyridine rings is 2. The van der Waals surface area contributed by atoms with Crippen LogP contribution in [0.3, 0.4) is 0 Å². The van der Waals surface area contributed by atoms with E-state index < -0.39 is 5.97 Å². The van der Waals surface area contributed by atoms with E-state index in [2.05, 4.69) is 37.1 Å². The third-order valence-corrected chi connectivity index (χ3v) is 5.14. The molecule has 0 amide bonds. The Morgan fingerprint density at radius 3 is 2.89 bits per heavy atom. The zero-order valence-corrected chi connectivity index (χ0v) is 15.4. The Morgan fingerprint density at radius 1 is 1.30 bits per heavy atom. The van der Waals surface area contributed by atoms with Gasteiger partial charge in [-0.25, -0.2) is 9.78 Å². The molecule has 0 spiro atoms. The van der Waals surface area contributed by atoms with Gasteiger partial charge in [0.2, 0.25) is 0 Å². The third kappa shape index (κ3) is 3.72. The normalized spacial score (nSPS) is 16.2. The van der Waals surface area contributed by atoms with Gasteiger partial charge in [0.05, 0.1) is 11.0 Å². The number of aromatic nitrogens is 3. The first-order chi connectivity index (χ1) is 13.1. The lowest BCUT2D eigenvalue weighted by atomic mass is 10.2. The topological polar surface area (TPSA) is 97.4 Å². The van der Waals surface area contributed by atoms with Crippen LogP contribution < -0.4 is 5.32 Å². The molecule has 0 saturated carbocycles. The van der Waals surface area contributed by atoms with E-state index in [1.54, 1.807) is 18.5 Å². The van der Waals surface area contributed by atoms with Crippen molar-refractivity contribution in [1.29, 1.82) is 0 Å². The van der Waals surface area contributed by atoms with Crippen LogP contribution in [0.5, 0.6) is 0 Å². The molecule has 0 radical (unpaired) electrons. The average molecular weight is 368 g/mol. The number of H-pyrrole nitrogens is 1. The number of aromatic amines is 1. The number of carboxylic acids is 1. The van der Waals surface area contributed by atoms with Gasteiger partial charge < -0.3 is 25.2 Å². The maximum Gasteiger partial charge on any atom is 0.352 e. The number of nitrogens with zero attached hydrogens (tertiary/aromatic N) is 4. The first-order valence-corrected chi connectivity index (χ1v) is 9.26. The van der Waals surface area contributed by atoms with Crippen LogP contribution in [0.1, 0.15) is 16.9 Å². The molecule has 1 aliphatic rings. The van der Waals surface area contributed by atoms with E-state index >= 15 is 0 Å². The van der Waals surface area contributed by atoms with Gasteiger partial charge in [0.1, 0.15) is 11.5 Å². The van der Waals surface area contributed by atoms with Gasteiger partial charge in [-0.1, -0.05) is 0 Å². The van der Waals surface area contributed by atoms with Gasteiger partial charge in [-0.05, 0) is 32.1 Å². The SMILES string of the molecule is CN1CCN(CCCNc2nc3cc(C(=O)O)[nH]c3c3cnccc23)CC1. The molecular weight excluding hydrogens is 344 g/mol. The molecule has 3 aromatic heterocycles. The lowest BCUT2D eigenvalue weighted by Gasteiger charge is -2.32. The van der Waals surface area contributed by atoms with Crippen molar-refractivity contribution in [3.63, 3.8) is 0 Å². The number of nitrogens with one attached hydrogen (secondary N) is 2. The minimum Gasteiger partial charge on any atom is -0.477 e. The molecule has 8 heteroatoms. The summed E-state index contributed by atoms with van der Waals surface area (Å²) in [4.78, 5) is 27.9. The zero-order chi connectivity index (χ0) is 18.8. The van der Waals surface area contributed by atoms with Crippen LogP contribution in [0, 0.1) is 0 Å². The molecule has 142 valence electrons. The quantitative estimate of drug-likeness (QED) is 0.571. The molecule has 8 nitrogen and oxygen atoms in total. The van der Waals surface area contributed by atoms with Gasteiger partial charge in [0.15, 0.2) is 0 Å². The van der Waals surface area contributed by atoms with Crippen LogP contribution in [0.4, 0.5) is 5.82 Å². The second-order valence-corrected chi connectivity index (χ2v) is 7.06. The summed E-state index contributed by atoms with van der Waals surface area (Å²) in [6.07, 6.45) is 4.51. The Labute approximate surface area is 157 Å². The Morgan fingerprint density at radius 2 is 2.11 bits per heavy atom. The number of hydrogen-bond donors (Lipinski definition) is 3. The molecule has 0 aromatic carbocycles. The molecule has 27 heavy (non-hydrogen) atoms. The molecule has 0 unspecified atom stereocenters. The van der Waals surface area contributed by atoms with Gasteiger partial charge in [0, 0.05) is 55.9 Å². The fraction of sp³-hybridized carbons (Fsp3) is 0.421. The van der Waals surface area contributed by atoms with Crippen molar-refractivity contribution in [3.8, 4) is 0 Å². The summed E-state index contributed by atoms with van der Waals surface area (Å²) in [7, 11) is 2.16. The highest BCUT2D eigenvalue weighted by atomic mass is 16.4. The minimum absolute atomic E-state index is 0.134. The largest absolute Gasteiger partial charge is 0.477 e. The Bertz CT molecular complexity index is 961. The summed E-state index contributed by atoms with van der Waals surface area (Å²) >= 11 is 0. The molecule has 4 rings (SSSR count). The van der Waals surface area contributed by atoms with Gasteiger partial charge in [-0.2, -0.15) is 0 Å². The van der Waals surface area contributed by atoms with Gasteiger partial charge in [-0.3, -0.25) is 4.98 Å². The number of likely N-dealkylation sites (N-methyl/N-ethyl adjacent to an activating group) is 1. The summed E-state index contributed by atoms with van der Waals surface area (Å²) < 4.78 is 0. The predicted molar refractivity (Wildman–Crippen MR) is 105 cm³/mol. The summed E-state index contributed by atoms with van der Waals surface area (Å²) in [6.45, 7) is 6.38. The van der Waals surface area contributed by atoms with Crippen molar-refractivity contribution in [2.45, 2.75) is 6.42 Å². The van der Waals surface area contributed by atoms with E-state index in [0.29, 0.717) is 11.0 Å². The highest BCUT2D eigenvalue weighted by molar-refractivity contribution is 6.09. The maximum atomic E-state index is 11.3.